The van der Waals surface area contributed by atoms with E-state index in [0.717, 1.165) is 22.5 Å². The largest absolute Gasteiger partial charge is 0.344 e. The second kappa shape index (κ2) is 3.55. The Morgan fingerprint density at radius 2 is 1.35 bits per heavy atom. The van der Waals surface area contributed by atoms with E-state index in [9.17, 15) is 8.78 Å². The summed E-state index contributed by atoms with van der Waals surface area (Å²) in [5.74, 6) is -0.506. The Balaban J connectivity index is 2.17. The normalized spacial score (nSPS) is 13.2. The van der Waals surface area contributed by atoms with Gasteiger partial charge >= 0.3 is 0 Å². The van der Waals surface area contributed by atoms with Gasteiger partial charge in [0.2, 0.25) is 0 Å². The van der Waals surface area contributed by atoms with Crippen molar-refractivity contribution in [3.8, 4) is 0 Å². The van der Waals surface area contributed by atoms with Gasteiger partial charge in [-0.3, -0.25) is 0 Å². The molecule has 0 aliphatic carbocycles. The average molecular weight is 231 g/mol. The summed E-state index contributed by atoms with van der Waals surface area (Å²) in [5, 5.41) is 0. The van der Waals surface area contributed by atoms with E-state index in [0.29, 0.717) is 6.42 Å². The molecule has 0 amide bonds. The standard InChI is InChI=1S/C14H11F2N/c1-17-13-4-2-11(15)7-9(13)6-10-8-12(16)3-5-14(10)17/h2-5,7-8H,6H2,1H3. The minimum atomic E-state index is -0.253. The number of hydrogen-bond acceptors (Lipinski definition) is 1. The predicted octanol–water partition coefficient (Wildman–Crippen LogP) is 3.64. The molecule has 0 unspecified atom stereocenters. The fourth-order valence-electron chi connectivity index (χ4n) is 2.38. The van der Waals surface area contributed by atoms with Crippen LogP contribution in [0.2, 0.25) is 0 Å². The third-order valence-corrected chi connectivity index (χ3v) is 3.19. The van der Waals surface area contributed by atoms with E-state index < -0.39 is 0 Å². The first kappa shape index (κ1) is 10.3. The van der Waals surface area contributed by atoms with Gasteiger partial charge in [-0.1, -0.05) is 0 Å². The Bertz CT molecular complexity index is 541. The van der Waals surface area contributed by atoms with Crippen LogP contribution in [0.3, 0.4) is 0 Å². The first-order valence-corrected chi connectivity index (χ1v) is 5.46. The van der Waals surface area contributed by atoms with Gasteiger partial charge in [0.15, 0.2) is 0 Å². The van der Waals surface area contributed by atoms with Gasteiger partial charge in [-0.2, -0.15) is 0 Å². The van der Waals surface area contributed by atoms with Gasteiger partial charge in [0.1, 0.15) is 11.6 Å². The Morgan fingerprint density at radius 1 is 0.882 bits per heavy atom. The van der Waals surface area contributed by atoms with Crippen LogP contribution in [0.4, 0.5) is 20.2 Å². The fraction of sp³-hybridized carbons (Fsp3) is 0.143. The molecule has 3 rings (SSSR count). The number of nitrogens with zero attached hydrogens (tertiary/aromatic N) is 1. The lowest BCUT2D eigenvalue weighted by atomic mass is 9.96. The Kier molecular flexibility index (Phi) is 2.15. The molecule has 1 aliphatic rings. The van der Waals surface area contributed by atoms with E-state index in [2.05, 4.69) is 0 Å². The number of rotatable bonds is 0. The van der Waals surface area contributed by atoms with Crippen molar-refractivity contribution in [3.05, 3.63) is 59.2 Å². The molecule has 0 fully saturated rings. The SMILES string of the molecule is CN1c2ccc(F)cc2Cc2cc(F)ccc21. The third-order valence-electron chi connectivity index (χ3n) is 3.19. The molecule has 0 aromatic heterocycles. The zero-order valence-corrected chi connectivity index (χ0v) is 9.37. The Morgan fingerprint density at radius 3 is 1.82 bits per heavy atom. The van der Waals surface area contributed by atoms with Crippen molar-refractivity contribution in [3.63, 3.8) is 0 Å². The number of hydrogen-bond donors (Lipinski definition) is 0. The highest BCUT2D eigenvalue weighted by atomic mass is 19.1. The minimum absolute atomic E-state index is 0.253. The van der Waals surface area contributed by atoms with E-state index in [1.54, 1.807) is 12.1 Å². The second-order valence-corrected chi connectivity index (χ2v) is 4.28. The topological polar surface area (TPSA) is 3.24 Å². The summed E-state index contributed by atoms with van der Waals surface area (Å²) >= 11 is 0. The van der Waals surface area contributed by atoms with Crippen LogP contribution in [-0.4, -0.2) is 7.05 Å². The van der Waals surface area contributed by atoms with Crippen molar-refractivity contribution >= 4 is 11.4 Å². The molecule has 0 N–H and O–H groups in total. The van der Waals surface area contributed by atoms with Crippen molar-refractivity contribution < 1.29 is 8.78 Å². The van der Waals surface area contributed by atoms with Crippen LogP contribution in [0.25, 0.3) is 0 Å². The van der Waals surface area contributed by atoms with E-state index in [1.807, 2.05) is 11.9 Å². The van der Waals surface area contributed by atoms with Gasteiger partial charge < -0.3 is 4.90 Å². The fourth-order valence-corrected chi connectivity index (χ4v) is 2.38. The predicted molar refractivity (Wildman–Crippen MR) is 63.7 cm³/mol. The first-order valence-electron chi connectivity index (χ1n) is 5.46. The molecular formula is C14H11F2N. The van der Waals surface area contributed by atoms with Crippen LogP contribution in [-0.2, 0) is 6.42 Å². The van der Waals surface area contributed by atoms with Crippen molar-refractivity contribution in [1.29, 1.82) is 0 Å². The second-order valence-electron chi connectivity index (χ2n) is 4.28. The number of benzene rings is 2. The summed E-state index contributed by atoms with van der Waals surface area (Å²) in [7, 11) is 1.91. The molecule has 86 valence electrons. The van der Waals surface area contributed by atoms with Crippen LogP contribution in [0.5, 0.6) is 0 Å². The number of halogens is 2. The molecule has 1 aliphatic heterocycles. The summed E-state index contributed by atoms with van der Waals surface area (Å²) in [4.78, 5) is 1.97. The van der Waals surface area contributed by atoms with Gasteiger partial charge in [0, 0.05) is 24.8 Å². The monoisotopic (exact) mass is 231 g/mol. The van der Waals surface area contributed by atoms with Crippen molar-refractivity contribution in [2.24, 2.45) is 0 Å². The number of anilines is 2. The lowest BCUT2D eigenvalue weighted by molar-refractivity contribution is 0.623. The van der Waals surface area contributed by atoms with Gasteiger partial charge in [0.25, 0.3) is 0 Å². The summed E-state index contributed by atoms with van der Waals surface area (Å²) in [6.07, 6.45) is 0.574. The van der Waals surface area contributed by atoms with Gasteiger partial charge in [-0.15, -0.1) is 0 Å². The van der Waals surface area contributed by atoms with Crippen LogP contribution in [0.15, 0.2) is 36.4 Å². The molecule has 3 heteroatoms. The average Bonchev–Trinajstić information content (AvgIpc) is 2.28. The maximum Gasteiger partial charge on any atom is 0.123 e. The lowest BCUT2D eigenvalue weighted by Gasteiger charge is -2.30. The molecule has 0 radical (unpaired) electrons. The van der Waals surface area contributed by atoms with Crippen LogP contribution in [0, 0.1) is 11.6 Å². The zero-order valence-electron chi connectivity index (χ0n) is 9.37. The van der Waals surface area contributed by atoms with E-state index in [1.165, 1.54) is 24.3 Å². The van der Waals surface area contributed by atoms with E-state index in [-0.39, 0.29) is 11.6 Å². The highest BCUT2D eigenvalue weighted by molar-refractivity contribution is 5.73. The minimum Gasteiger partial charge on any atom is -0.344 e. The molecular weight excluding hydrogens is 220 g/mol. The van der Waals surface area contributed by atoms with Crippen LogP contribution >= 0.6 is 0 Å². The Hall–Kier alpha value is -1.90. The third kappa shape index (κ3) is 1.58. The zero-order chi connectivity index (χ0) is 12.0. The maximum absolute atomic E-state index is 13.2. The van der Waals surface area contributed by atoms with E-state index in [4.69, 9.17) is 0 Å². The molecule has 1 heterocycles. The molecule has 2 aromatic rings. The van der Waals surface area contributed by atoms with Gasteiger partial charge in [-0.05, 0) is 47.5 Å². The maximum atomic E-state index is 13.2. The molecule has 1 nitrogen and oxygen atoms in total. The van der Waals surface area contributed by atoms with Crippen LogP contribution in [0.1, 0.15) is 11.1 Å². The highest BCUT2D eigenvalue weighted by Crippen LogP contribution is 2.37. The lowest BCUT2D eigenvalue weighted by Crippen LogP contribution is -2.18. The molecule has 0 atom stereocenters. The summed E-state index contributed by atoms with van der Waals surface area (Å²) in [5.41, 5.74) is 3.74. The quantitative estimate of drug-likeness (QED) is 0.669. The molecule has 2 aromatic carbocycles. The molecule has 17 heavy (non-hydrogen) atoms. The van der Waals surface area contributed by atoms with Gasteiger partial charge in [0.05, 0.1) is 0 Å². The van der Waals surface area contributed by atoms with Crippen LogP contribution < -0.4 is 4.90 Å². The van der Waals surface area contributed by atoms with Crippen molar-refractivity contribution in [1.82, 2.24) is 0 Å². The molecule has 0 saturated carbocycles. The smallest absolute Gasteiger partial charge is 0.123 e. The highest BCUT2D eigenvalue weighted by Gasteiger charge is 2.20. The van der Waals surface area contributed by atoms with Gasteiger partial charge in [-0.25, -0.2) is 8.78 Å². The molecule has 0 spiro atoms. The summed E-state index contributed by atoms with van der Waals surface area (Å²) < 4.78 is 26.4. The molecule has 0 saturated heterocycles. The number of fused-ring (bicyclic) bond motifs is 2. The van der Waals surface area contributed by atoms with Crippen molar-refractivity contribution in [2.45, 2.75) is 6.42 Å². The first-order chi connectivity index (χ1) is 8.15. The van der Waals surface area contributed by atoms with E-state index >= 15 is 0 Å². The molecule has 0 bridgehead atoms. The Labute approximate surface area is 98.3 Å². The summed E-state index contributed by atoms with van der Waals surface area (Å²) in [6, 6.07) is 9.45. The summed E-state index contributed by atoms with van der Waals surface area (Å²) in [6.45, 7) is 0. The van der Waals surface area contributed by atoms with Crippen molar-refractivity contribution in [2.75, 3.05) is 11.9 Å².